The van der Waals surface area contributed by atoms with Gasteiger partial charge in [0, 0.05) is 12.3 Å². The summed E-state index contributed by atoms with van der Waals surface area (Å²) >= 11 is 0. The van der Waals surface area contributed by atoms with Gasteiger partial charge in [-0.25, -0.2) is 9.48 Å². The van der Waals surface area contributed by atoms with E-state index in [2.05, 4.69) is 34.3 Å². The van der Waals surface area contributed by atoms with Gasteiger partial charge in [0.15, 0.2) is 11.5 Å². The zero-order chi connectivity index (χ0) is 15.0. The predicted octanol–water partition coefficient (Wildman–Crippen LogP) is 1.48. The Hall–Kier alpha value is -2.25. The van der Waals surface area contributed by atoms with Crippen LogP contribution >= 0.6 is 0 Å². The molecular formula is C13H17N5O3. The Balaban J connectivity index is 1.81. The largest absolute Gasteiger partial charge is 0.476 e. The number of rotatable bonds is 6. The molecule has 112 valence electrons. The van der Waals surface area contributed by atoms with Gasteiger partial charge in [0.1, 0.15) is 6.54 Å². The van der Waals surface area contributed by atoms with Crippen LogP contribution in [0.1, 0.15) is 60.5 Å². The molecule has 0 amide bonds. The van der Waals surface area contributed by atoms with Gasteiger partial charge in [0.05, 0.1) is 5.69 Å². The number of carboxylic acids is 1. The van der Waals surface area contributed by atoms with Gasteiger partial charge in [0.25, 0.3) is 0 Å². The van der Waals surface area contributed by atoms with Crippen molar-refractivity contribution >= 4 is 5.97 Å². The lowest BCUT2D eigenvalue weighted by atomic mass is 10.1. The van der Waals surface area contributed by atoms with E-state index in [1.54, 1.807) is 4.68 Å². The molecule has 0 unspecified atom stereocenters. The molecule has 0 bridgehead atoms. The predicted molar refractivity (Wildman–Crippen MR) is 70.9 cm³/mol. The van der Waals surface area contributed by atoms with Crippen LogP contribution in [0.15, 0.2) is 4.52 Å². The topological polar surface area (TPSA) is 107 Å². The molecule has 2 aromatic heterocycles. The van der Waals surface area contributed by atoms with E-state index in [9.17, 15) is 4.79 Å². The molecule has 2 heterocycles. The summed E-state index contributed by atoms with van der Waals surface area (Å²) in [6.07, 6.45) is 2.68. The molecule has 2 aromatic rings. The third-order valence-corrected chi connectivity index (χ3v) is 3.33. The number of aromatic carboxylic acids is 1. The van der Waals surface area contributed by atoms with Crippen LogP contribution in [0.5, 0.6) is 0 Å². The molecule has 1 N–H and O–H groups in total. The van der Waals surface area contributed by atoms with Gasteiger partial charge in [0.2, 0.25) is 5.89 Å². The third-order valence-electron chi connectivity index (χ3n) is 3.33. The summed E-state index contributed by atoms with van der Waals surface area (Å²) in [5.74, 6) is 0.710. The van der Waals surface area contributed by atoms with Gasteiger partial charge in [-0.05, 0) is 18.8 Å². The summed E-state index contributed by atoms with van der Waals surface area (Å²) in [5.41, 5.74) is 0.686. The highest BCUT2D eigenvalue weighted by Gasteiger charge is 2.34. The second-order valence-electron chi connectivity index (χ2n) is 5.76. The number of carbonyl (C=O) groups is 1. The minimum absolute atomic E-state index is 0.0272. The van der Waals surface area contributed by atoms with Gasteiger partial charge in [-0.1, -0.05) is 24.2 Å². The van der Waals surface area contributed by atoms with Crippen molar-refractivity contribution in [3.8, 4) is 0 Å². The van der Waals surface area contributed by atoms with Crippen LogP contribution in [0, 0.1) is 5.92 Å². The van der Waals surface area contributed by atoms with E-state index in [-0.39, 0.29) is 18.2 Å². The molecule has 1 saturated carbocycles. The summed E-state index contributed by atoms with van der Waals surface area (Å²) < 4.78 is 6.76. The monoisotopic (exact) mass is 291 g/mol. The minimum Gasteiger partial charge on any atom is -0.476 e. The Morgan fingerprint density at radius 3 is 2.86 bits per heavy atom. The Kier molecular flexibility index (Phi) is 3.44. The standard InChI is InChI=1S/C13H17N5O3/c1-7(2)5-9-14-10(21-16-9)6-18-12(8-3-4-8)11(13(19)20)15-17-18/h7-8H,3-6H2,1-2H3,(H,19,20). The van der Waals surface area contributed by atoms with Crippen LogP contribution in [0.2, 0.25) is 0 Å². The van der Waals surface area contributed by atoms with Crippen LogP contribution in [0.25, 0.3) is 0 Å². The zero-order valence-corrected chi connectivity index (χ0v) is 12.0. The molecule has 1 aliphatic rings. The van der Waals surface area contributed by atoms with Crippen molar-refractivity contribution in [1.29, 1.82) is 0 Å². The average molecular weight is 291 g/mol. The number of carboxylic acid groups (broad SMARTS) is 1. The highest BCUT2D eigenvalue weighted by atomic mass is 16.5. The maximum Gasteiger partial charge on any atom is 0.358 e. The van der Waals surface area contributed by atoms with E-state index in [1.807, 2.05) is 0 Å². The molecule has 0 aromatic carbocycles. The Morgan fingerprint density at radius 1 is 1.48 bits per heavy atom. The van der Waals surface area contributed by atoms with Crippen molar-refractivity contribution in [2.75, 3.05) is 0 Å². The molecule has 0 spiro atoms. The Morgan fingerprint density at radius 2 is 2.24 bits per heavy atom. The molecule has 1 fully saturated rings. The maximum atomic E-state index is 11.2. The molecule has 8 heteroatoms. The summed E-state index contributed by atoms with van der Waals surface area (Å²) in [4.78, 5) is 15.5. The molecular weight excluding hydrogens is 274 g/mol. The second-order valence-corrected chi connectivity index (χ2v) is 5.76. The van der Waals surface area contributed by atoms with Gasteiger partial charge in [-0.2, -0.15) is 4.98 Å². The summed E-state index contributed by atoms with van der Waals surface area (Å²) in [5, 5.41) is 20.8. The fourth-order valence-electron chi connectivity index (χ4n) is 2.28. The molecule has 21 heavy (non-hydrogen) atoms. The van der Waals surface area contributed by atoms with Gasteiger partial charge in [-0.3, -0.25) is 0 Å². The van der Waals surface area contributed by atoms with Crippen molar-refractivity contribution in [3.63, 3.8) is 0 Å². The lowest BCUT2D eigenvalue weighted by Crippen LogP contribution is -2.09. The van der Waals surface area contributed by atoms with Crippen molar-refractivity contribution < 1.29 is 14.4 Å². The molecule has 8 nitrogen and oxygen atoms in total. The van der Waals surface area contributed by atoms with E-state index >= 15 is 0 Å². The van der Waals surface area contributed by atoms with Gasteiger partial charge in [-0.15, -0.1) is 5.10 Å². The minimum atomic E-state index is -1.05. The van der Waals surface area contributed by atoms with Crippen LogP contribution in [-0.2, 0) is 13.0 Å². The number of aromatic nitrogens is 5. The molecule has 0 saturated heterocycles. The smallest absolute Gasteiger partial charge is 0.358 e. The van der Waals surface area contributed by atoms with Gasteiger partial charge < -0.3 is 9.63 Å². The quantitative estimate of drug-likeness (QED) is 0.858. The molecule has 3 rings (SSSR count). The molecule has 1 aliphatic carbocycles. The molecule has 0 radical (unpaired) electrons. The van der Waals surface area contributed by atoms with Crippen molar-refractivity contribution in [2.45, 2.75) is 45.6 Å². The lowest BCUT2D eigenvalue weighted by molar-refractivity contribution is 0.0689. The first-order valence-corrected chi connectivity index (χ1v) is 7.02. The highest BCUT2D eigenvalue weighted by molar-refractivity contribution is 5.86. The average Bonchev–Trinajstić information content (AvgIpc) is 3.01. The second kappa shape index (κ2) is 5.27. The number of hydrogen-bond donors (Lipinski definition) is 1. The normalized spacial score (nSPS) is 14.8. The van der Waals surface area contributed by atoms with Crippen molar-refractivity contribution in [1.82, 2.24) is 25.1 Å². The zero-order valence-electron chi connectivity index (χ0n) is 12.0. The van der Waals surface area contributed by atoms with E-state index in [0.717, 1.165) is 19.3 Å². The first kappa shape index (κ1) is 13.7. The van der Waals surface area contributed by atoms with Crippen molar-refractivity contribution in [3.05, 3.63) is 23.1 Å². The summed E-state index contributed by atoms with van der Waals surface area (Å²) in [7, 11) is 0. The fourth-order valence-corrected chi connectivity index (χ4v) is 2.28. The van der Waals surface area contributed by atoms with Crippen LogP contribution in [0.3, 0.4) is 0 Å². The van der Waals surface area contributed by atoms with E-state index in [4.69, 9.17) is 9.63 Å². The van der Waals surface area contributed by atoms with Crippen LogP contribution < -0.4 is 0 Å². The summed E-state index contributed by atoms with van der Waals surface area (Å²) in [6, 6.07) is 0. The summed E-state index contributed by atoms with van der Waals surface area (Å²) in [6.45, 7) is 4.42. The number of nitrogens with zero attached hydrogens (tertiary/aromatic N) is 5. The van der Waals surface area contributed by atoms with E-state index in [1.165, 1.54) is 0 Å². The van der Waals surface area contributed by atoms with Crippen LogP contribution in [0.4, 0.5) is 0 Å². The SMILES string of the molecule is CC(C)Cc1noc(Cn2nnc(C(=O)O)c2C2CC2)n1. The van der Waals surface area contributed by atoms with Gasteiger partial charge >= 0.3 is 5.97 Å². The first-order chi connectivity index (χ1) is 10.0. The molecule has 0 aliphatic heterocycles. The van der Waals surface area contributed by atoms with E-state index < -0.39 is 5.97 Å². The highest BCUT2D eigenvalue weighted by Crippen LogP contribution is 2.41. The fraction of sp³-hybridized carbons (Fsp3) is 0.615. The lowest BCUT2D eigenvalue weighted by Gasteiger charge is -2.02. The van der Waals surface area contributed by atoms with Crippen LogP contribution in [-0.4, -0.2) is 36.2 Å². The Bertz CT molecular complexity index is 657. The van der Waals surface area contributed by atoms with Crippen molar-refractivity contribution in [2.24, 2.45) is 5.92 Å². The first-order valence-electron chi connectivity index (χ1n) is 7.02. The third kappa shape index (κ3) is 2.93. The Labute approximate surface area is 121 Å². The number of hydrogen-bond acceptors (Lipinski definition) is 6. The van der Waals surface area contributed by atoms with E-state index in [0.29, 0.717) is 23.3 Å². The molecule has 0 atom stereocenters. The maximum absolute atomic E-state index is 11.2.